The van der Waals surface area contributed by atoms with Crippen molar-refractivity contribution in [2.45, 2.75) is 37.0 Å². The van der Waals surface area contributed by atoms with Gasteiger partial charge in [-0.3, -0.25) is 0 Å². The minimum Gasteiger partial charge on any atom is -0.211 e. The van der Waals surface area contributed by atoms with Gasteiger partial charge in [0.15, 0.2) is 0 Å². The molecule has 2 aromatic rings. The number of sulfonamides is 1. The summed E-state index contributed by atoms with van der Waals surface area (Å²) < 4.78 is 27.5. The first kappa shape index (κ1) is 19.3. The fourth-order valence-corrected chi connectivity index (χ4v) is 4.49. The Morgan fingerprint density at radius 1 is 1.04 bits per heavy atom. The van der Waals surface area contributed by atoms with Gasteiger partial charge in [-0.15, -0.1) is 0 Å². The fourth-order valence-electron chi connectivity index (χ4n) is 2.68. The molecule has 1 atom stereocenters. The van der Waals surface area contributed by atoms with Crippen molar-refractivity contribution in [1.29, 1.82) is 0 Å². The zero-order chi connectivity index (χ0) is 17.6. The molecule has 0 aromatic heterocycles. The number of hydrogen-bond donors (Lipinski definition) is 1. The summed E-state index contributed by atoms with van der Waals surface area (Å²) in [5, 5.41) is 0.507. The highest BCUT2D eigenvalue weighted by Gasteiger charge is 2.19. The lowest BCUT2D eigenvalue weighted by atomic mass is 9.92. The van der Waals surface area contributed by atoms with Gasteiger partial charge in [0, 0.05) is 11.6 Å². The summed E-state index contributed by atoms with van der Waals surface area (Å²) in [6.45, 7) is 2.48. The summed E-state index contributed by atoms with van der Waals surface area (Å²) in [4.78, 5) is 0.0171. The molecule has 0 aliphatic heterocycles. The smallest absolute Gasteiger partial charge is 0.211 e. The second-order valence-corrected chi connectivity index (χ2v) is 8.24. The summed E-state index contributed by atoms with van der Waals surface area (Å²) in [5.41, 5.74) is 1.24. The molecule has 0 fully saturated rings. The lowest BCUT2D eigenvalue weighted by Crippen LogP contribution is -2.26. The second kappa shape index (κ2) is 8.86. The van der Waals surface area contributed by atoms with Crippen molar-refractivity contribution in [3.05, 3.63) is 64.1 Å². The van der Waals surface area contributed by atoms with Crippen LogP contribution in [0.5, 0.6) is 0 Å². The molecule has 6 heteroatoms. The highest BCUT2D eigenvalue weighted by molar-refractivity contribution is 7.89. The molecule has 2 aromatic carbocycles. The molecule has 24 heavy (non-hydrogen) atoms. The van der Waals surface area contributed by atoms with Gasteiger partial charge in [0.1, 0.15) is 4.90 Å². The van der Waals surface area contributed by atoms with E-state index in [1.807, 2.05) is 18.2 Å². The van der Waals surface area contributed by atoms with E-state index in [1.54, 1.807) is 6.07 Å². The Kier molecular flexibility index (Phi) is 7.11. The SMILES string of the molecule is CCCC(CCNS(=O)(=O)c1cc(Cl)ccc1Cl)c1ccccc1. The Morgan fingerprint density at radius 2 is 1.75 bits per heavy atom. The summed E-state index contributed by atoms with van der Waals surface area (Å²) in [6.07, 6.45) is 2.80. The quantitative estimate of drug-likeness (QED) is 0.674. The Labute approximate surface area is 154 Å². The van der Waals surface area contributed by atoms with Crippen LogP contribution >= 0.6 is 23.2 Å². The highest BCUT2D eigenvalue weighted by Crippen LogP contribution is 2.26. The maximum atomic E-state index is 12.4. The third kappa shape index (κ3) is 5.21. The Hall–Kier alpha value is -1.07. The van der Waals surface area contributed by atoms with Crippen molar-refractivity contribution < 1.29 is 8.42 Å². The predicted molar refractivity (Wildman–Crippen MR) is 100 cm³/mol. The monoisotopic (exact) mass is 385 g/mol. The summed E-state index contributed by atoms with van der Waals surface area (Å²) >= 11 is 11.9. The topological polar surface area (TPSA) is 46.2 Å². The van der Waals surface area contributed by atoms with E-state index in [1.165, 1.54) is 17.7 Å². The normalized spacial score (nSPS) is 13.0. The van der Waals surface area contributed by atoms with Crippen LogP contribution in [0.15, 0.2) is 53.4 Å². The van der Waals surface area contributed by atoms with E-state index in [2.05, 4.69) is 23.8 Å². The van der Waals surface area contributed by atoms with Crippen molar-refractivity contribution in [2.24, 2.45) is 0 Å². The Morgan fingerprint density at radius 3 is 2.42 bits per heavy atom. The minimum atomic E-state index is -3.67. The highest BCUT2D eigenvalue weighted by atomic mass is 35.5. The molecule has 3 nitrogen and oxygen atoms in total. The largest absolute Gasteiger partial charge is 0.242 e. The van der Waals surface area contributed by atoms with Gasteiger partial charge in [0.2, 0.25) is 10.0 Å². The van der Waals surface area contributed by atoms with Crippen LogP contribution in [-0.4, -0.2) is 15.0 Å². The molecule has 0 spiro atoms. The Balaban J connectivity index is 2.04. The van der Waals surface area contributed by atoms with Gasteiger partial charge in [0.25, 0.3) is 0 Å². The van der Waals surface area contributed by atoms with Crippen LogP contribution in [0.25, 0.3) is 0 Å². The fraction of sp³-hybridized carbons (Fsp3) is 0.333. The number of benzene rings is 2. The van der Waals surface area contributed by atoms with Gasteiger partial charge in [-0.2, -0.15) is 0 Å². The van der Waals surface area contributed by atoms with Crippen LogP contribution in [0.2, 0.25) is 10.0 Å². The van der Waals surface area contributed by atoms with Crippen LogP contribution in [0, 0.1) is 0 Å². The van der Waals surface area contributed by atoms with E-state index in [0.29, 0.717) is 17.5 Å². The molecule has 0 aliphatic rings. The third-order valence-electron chi connectivity index (χ3n) is 3.88. The molecule has 1 unspecified atom stereocenters. The first-order valence-electron chi connectivity index (χ1n) is 7.93. The summed E-state index contributed by atoms with van der Waals surface area (Å²) in [6, 6.07) is 14.6. The van der Waals surface area contributed by atoms with Gasteiger partial charge >= 0.3 is 0 Å². The molecule has 1 N–H and O–H groups in total. The molecule has 0 radical (unpaired) electrons. The molecular weight excluding hydrogens is 365 g/mol. The van der Waals surface area contributed by atoms with Crippen LogP contribution in [0.1, 0.15) is 37.7 Å². The van der Waals surface area contributed by atoms with Gasteiger partial charge in [-0.1, -0.05) is 66.9 Å². The van der Waals surface area contributed by atoms with Crippen LogP contribution in [0.3, 0.4) is 0 Å². The molecule has 0 bridgehead atoms. The van der Waals surface area contributed by atoms with Crippen molar-refractivity contribution >= 4 is 33.2 Å². The lowest BCUT2D eigenvalue weighted by Gasteiger charge is -2.17. The van der Waals surface area contributed by atoms with E-state index in [-0.39, 0.29) is 9.92 Å². The van der Waals surface area contributed by atoms with E-state index in [9.17, 15) is 8.42 Å². The van der Waals surface area contributed by atoms with E-state index in [0.717, 1.165) is 19.3 Å². The first-order chi connectivity index (χ1) is 11.4. The number of rotatable bonds is 8. The molecule has 0 heterocycles. The maximum Gasteiger partial charge on any atom is 0.242 e. The van der Waals surface area contributed by atoms with Crippen molar-refractivity contribution in [2.75, 3.05) is 6.54 Å². The Bertz CT molecular complexity index is 764. The van der Waals surface area contributed by atoms with E-state index in [4.69, 9.17) is 23.2 Å². The van der Waals surface area contributed by atoms with Crippen molar-refractivity contribution in [3.8, 4) is 0 Å². The van der Waals surface area contributed by atoms with Crippen molar-refractivity contribution in [3.63, 3.8) is 0 Å². The number of nitrogens with one attached hydrogen (secondary N) is 1. The van der Waals surface area contributed by atoms with Crippen LogP contribution in [0.4, 0.5) is 0 Å². The van der Waals surface area contributed by atoms with E-state index >= 15 is 0 Å². The maximum absolute atomic E-state index is 12.4. The first-order valence-corrected chi connectivity index (χ1v) is 10.2. The lowest BCUT2D eigenvalue weighted by molar-refractivity contribution is 0.546. The number of halogens is 2. The molecule has 0 amide bonds. The second-order valence-electron chi connectivity index (χ2n) is 5.66. The van der Waals surface area contributed by atoms with Gasteiger partial charge in [-0.25, -0.2) is 13.1 Å². The predicted octanol–water partition coefficient (Wildman–Crippen LogP) is 5.25. The molecule has 0 saturated heterocycles. The van der Waals surface area contributed by atoms with Crippen molar-refractivity contribution in [1.82, 2.24) is 4.72 Å². The van der Waals surface area contributed by atoms with Gasteiger partial charge in [0.05, 0.1) is 5.02 Å². The average Bonchev–Trinajstić information content (AvgIpc) is 2.57. The zero-order valence-electron chi connectivity index (χ0n) is 13.5. The summed E-state index contributed by atoms with van der Waals surface area (Å²) in [7, 11) is -3.67. The van der Waals surface area contributed by atoms with Crippen LogP contribution in [-0.2, 0) is 10.0 Å². The molecule has 0 saturated carbocycles. The van der Waals surface area contributed by atoms with Crippen LogP contribution < -0.4 is 4.72 Å². The summed E-state index contributed by atoms with van der Waals surface area (Å²) in [5.74, 6) is 0.328. The molecule has 0 aliphatic carbocycles. The molecular formula is C18H21Cl2NO2S. The number of hydrogen-bond acceptors (Lipinski definition) is 2. The van der Waals surface area contributed by atoms with E-state index < -0.39 is 10.0 Å². The van der Waals surface area contributed by atoms with Gasteiger partial charge in [-0.05, 0) is 42.5 Å². The minimum absolute atomic E-state index is 0.0171. The zero-order valence-corrected chi connectivity index (χ0v) is 15.8. The standard InChI is InChI=1S/C18H21Cl2NO2S/c1-2-6-14(15-7-4-3-5-8-15)11-12-21-24(22,23)18-13-16(19)9-10-17(18)20/h3-5,7-10,13-14,21H,2,6,11-12H2,1H3. The third-order valence-corrected chi connectivity index (χ3v) is 6.05. The average molecular weight is 386 g/mol. The molecule has 130 valence electrons. The molecule has 2 rings (SSSR count). The van der Waals surface area contributed by atoms with Gasteiger partial charge < -0.3 is 0 Å².